The van der Waals surface area contributed by atoms with Gasteiger partial charge in [0.2, 0.25) is 0 Å². The van der Waals surface area contributed by atoms with Crippen molar-refractivity contribution in [2.45, 2.75) is 25.3 Å². The lowest BCUT2D eigenvalue weighted by molar-refractivity contribution is 0.102. The minimum absolute atomic E-state index is 0.0729. The van der Waals surface area contributed by atoms with Gasteiger partial charge in [-0.05, 0) is 60.9 Å². The Morgan fingerprint density at radius 3 is 2.46 bits per heavy atom. The molecule has 176 valence electrons. The SMILES string of the molecule is O=C(Nc1ccc(-c2cc(C3CC3)n(C(=O)NCc3ccc(F)cc3)n2)c(O)c1)c1ccncc1. The zero-order chi connectivity index (χ0) is 24.4. The predicted octanol–water partition coefficient (Wildman–Crippen LogP) is 4.68. The Balaban J connectivity index is 1.34. The number of anilines is 1. The van der Waals surface area contributed by atoms with E-state index < -0.39 is 6.03 Å². The molecule has 4 aromatic rings. The smallest absolute Gasteiger partial charge is 0.342 e. The number of pyridine rings is 1. The standard InChI is InChI=1S/C26H22FN5O3/c27-19-5-1-16(2-6-19)15-29-26(35)32-23(17-3-4-17)14-22(31-32)21-8-7-20(13-24(21)33)30-25(34)18-9-11-28-12-10-18/h1-2,5-14,17,33H,3-4,15H2,(H,29,35)(H,30,34). The minimum Gasteiger partial charge on any atom is -0.507 e. The van der Waals surface area contributed by atoms with Gasteiger partial charge in [0.05, 0.1) is 11.4 Å². The molecule has 2 heterocycles. The van der Waals surface area contributed by atoms with Crippen LogP contribution in [0.15, 0.2) is 73.1 Å². The van der Waals surface area contributed by atoms with Crippen LogP contribution in [0.5, 0.6) is 5.75 Å². The molecule has 2 aromatic carbocycles. The average molecular weight is 471 g/mol. The Labute approximate surface area is 200 Å². The first kappa shape index (κ1) is 22.3. The highest BCUT2D eigenvalue weighted by Gasteiger charge is 2.30. The number of benzene rings is 2. The summed E-state index contributed by atoms with van der Waals surface area (Å²) in [6, 6.07) is 15.3. The van der Waals surface area contributed by atoms with Crippen LogP contribution in [-0.4, -0.2) is 31.8 Å². The molecule has 1 aliphatic carbocycles. The number of rotatable bonds is 6. The lowest BCUT2D eigenvalue weighted by Gasteiger charge is -2.08. The van der Waals surface area contributed by atoms with Crippen LogP contribution in [-0.2, 0) is 6.54 Å². The van der Waals surface area contributed by atoms with Crippen LogP contribution in [0.2, 0.25) is 0 Å². The van der Waals surface area contributed by atoms with E-state index in [9.17, 15) is 19.1 Å². The number of halogens is 1. The maximum absolute atomic E-state index is 13.1. The first-order valence-electron chi connectivity index (χ1n) is 11.2. The van der Waals surface area contributed by atoms with Crippen molar-refractivity contribution in [3.8, 4) is 17.0 Å². The zero-order valence-corrected chi connectivity index (χ0v) is 18.6. The van der Waals surface area contributed by atoms with Gasteiger partial charge in [0.1, 0.15) is 11.6 Å². The van der Waals surface area contributed by atoms with Gasteiger partial charge in [-0.25, -0.2) is 9.18 Å². The molecule has 1 aliphatic rings. The third-order valence-electron chi connectivity index (χ3n) is 5.76. The number of nitrogens with one attached hydrogen (secondary N) is 2. The highest BCUT2D eigenvalue weighted by Crippen LogP contribution is 2.42. The van der Waals surface area contributed by atoms with Crippen molar-refractivity contribution in [1.29, 1.82) is 0 Å². The zero-order valence-electron chi connectivity index (χ0n) is 18.6. The number of hydrogen-bond donors (Lipinski definition) is 3. The van der Waals surface area contributed by atoms with Crippen LogP contribution in [0.3, 0.4) is 0 Å². The molecule has 0 spiro atoms. The van der Waals surface area contributed by atoms with Gasteiger partial charge in [-0.1, -0.05) is 12.1 Å². The number of hydrogen-bond acceptors (Lipinski definition) is 5. The van der Waals surface area contributed by atoms with E-state index in [4.69, 9.17) is 0 Å². The lowest BCUT2D eigenvalue weighted by atomic mass is 10.1. The molecule has 0 unspecified atom stereocenters. The quantitative estimate of drug-likeness (QED) is 0.378. The Kier molecular flexibility index (Phi) is 5.97. The predicted molar refractivity (Wildman–Crippen MR) is 128 cm³/mol. The Morgan fingerprint density at radius 1 is 1.03 bits per heavy atom. The minimum atomic E-state index is -0.400. The number of carbonyl (C=O) groups is 2. The molecule has 1 fully saturated rings. The molecular formula is C26H22FN5O3. The molecule has 5 rings (SSSR count). The molecular weight excluding hydrogens is 449 g/mol. The van der Waals surface area contributed by atoms with E-state index in [1.807, 2.05) is 0 Å². The fraction of sp³-hybridized carbons (Fsp3) is 0.154. The van der Waals surface area contributed by atoms with Crippen molar-refractivity contribution in [1.82, 2.24) is 20.1 Å². The number of carbonyl (C=O) groups excluding carboxylic acids is 2. The van der Waals surface area contributed by atoms with Gasteiger partial charge in [-0.2, -0.15) is 9.78 Å². The summed E-state index contributed by atoms with van der Waals surface area (Å²) in [5.74, 6) is -0.502. The summed E-state index contributed by atoms with van der Waals surface area (Å²) in [6.45, 7) is 0.232. The average Bonchev–Trinajstić information content (AvgIpc) is 3.62. The largest absolute Gasteiger partial charge is 0.507 e. The Bertz CT molecular complexity index is 1380. The van der Waals surface area contributed by atoms with Crippen molar-refractivity contribution in [3.05, 3.63) is 95.7 Å². The summed E-state index contributed by atoms with van der Waals surface area (Å²) in [7, 11) is 0. The van der Waals surface area contributed by atoms with Crippen LogP contribution in [0, 0.1) is 5.82 Å². The van der Waals surface area contributed by atoms with Crippen LogP contribution in [0.25, 0.3) is 11.3 Å². The van der Waals surface area contributed by atoms with Crippen molar-refractivity contribution < 1.29 is 19.1 Å². The molecule has 0 bridgehead atoms. The molecule has 2 amide bonds. The number of phenols is 1. The van der Waals surface area contributed by atoms with Gasteiger partial charge in [0.25, 0.3) is 5.91 Å². The fourth-order valence-corrected chi connectivity index (χ4v) is 3.75. The summed E-state index contributed by atoms with van der Waals surface area (Å²) in [5.41, 5.74) is 3.30. The molecule has 0 saturated heterocycles. The fourth-order valence-electron chi connectivity index (χ4n) is 3.75. The highest BCUT2D eigenvalue weighted by molar-refractivity contribution is 6.04. The van der Waals surface area contributed by atoms with Crippen LogP contribution in [0.1, 0.15) is 40.4 Å². The van der Waals surface area contributed by atoms with Gasteiger partial charge < -0.3 is 15.7 Å². The normalized spacial score (nSPS) is 12.8. The van der Waals surface area contributed by atoms with E-state index in [-0.39, 0.29) is 29.9 Å². The second kappa shape index (κ2) is 9.38. The topological polar surface area (TPSA) is 109 Å². The number of nitrogens with zero attached hydrogens (tertiary/aromatic N) is 3. The van der Waals surface area contributed by atoms with Crippen molar-refractivity contribution in [2.75, 3.05) is 5.32 Å². The summed E-state index contributed by atoms with van der Waals surface area (Å²) in [6.07, 6.45) is 4.98. The van der Waals surface area contributed by atoms with E-state index in [1.54, 1.807) is 42.5 Å². The summed E-state index contributed by atoms with van der Waals surface area (Å²) >= 11 is 0. The van der Waals surface area contributed by atoms with E-state index in [0.29, 0.717) is 22.5 Å². The van der Waals surface area contributed by atoms with E-state index in [1.165, 1.54) is 35.3 Å². The number of aromatic hydroxyl groups is 1. The Hall–Kier alpha value is -4.53. The molecule has 0 aliphatic heterocycles. The molecule has 9 heteroatoms. The molecule has 0 radical (unpaired) electrons. The van der Waals surface area contributed by atoms with Gasteiger partial charge in [-0.15, -0.1) is 0 Å². The molecule has 2 aromatic heterocycles. The number of aromatic nitrogens is 3. The first-order valence-corrected chi connectivity index (χ1v) is 11.2. The van der Waals surface area contributed by atoms with Crippen LogP contribution < -0.4 is 10.6 Å². The summed E-state index contributed by atoms with van der Waals surface area (Å²) in [4.78, 5) is 29.1. The van der Waals surface area contributed by atoms with Gasteiger partial charge in [0, 0.05) is 47.7 Å². The van der Waals surface area contributed by atoms with Crippen molar-refractivity contribution in [3.63, 3.8) is 0 Å². The molecule has 35 heavy (non-hydrogen) atoms. The molecule has 8 nitrogen and oxygen atoms in total. The molecule has 1 saturated carbocycles. The third kappa shape index (κ3) is 5.03. The maximum atomic E-state index is 13.1. The summed E-state index contributed by atoms with van der Waals surface area (Å²) in [5, 5.41) is 20.7. The maximum Gasteiger partial charge on any atom is 0.342 e. The number of amides is 2. The van der Waals surface area contributed by atoms with E-state index >= 15 is 0 Å². The van der Waals surface area contributed by atoms with Crippen molar-refractivity contribution in [2.24, 2.45) is 0 Å². The highest BCUT2D eigenvalue weighted by atomic mass is 19.1. The lowest BCUT2D eigenvalue weighted by Crippen LogP contribution is -2.30. The van der Waals surface area contributed by atoms with Crippen LogP contribution in [0.4, 0.5) is 14.9 Å². The van der Waals surface area contributed by atoms with E-state index in [0.717, 1.165) is 24.1 Å². The van der Waals surface area contributed by atoms with Crippen molar-refractivity contribution >= 4 is 17.6 Å². The molecule has 0 atom stereocenters. The number of phenolic OH excluding ortho intramolecular Hbond substituents is 1. The second-order valence-electron chi connectivity index (χ2n) is 8.35. The van der Waals surface area contributed by atoms with E-state index in [2.05, 4.69) is 20.7 Å². The van der Waals surface area contributed by atoms with Gasteiger partial charge in [-0.3, -0.25) is 9.78 Å². The second-order valence-corrected chi connectivity index (χ2v) is 8.35. The first-order chi connectivity index (χ1) is 17.0. The van der Waals surface area contributed by atoms with Gasteiger partial charge in [0.15, 0.2) is 0 Å². The van der Waals surface area contributed by atoms with Gasteiger partial charge >= 0.3 is 6.03 Å². The monoisotopic (exact) mass is 471 g/mol. The summed E-state index contributed by atoms with van der Waals surface area (Å²) < 4.78 is 14.4. The van der Waals surface area contributed by atoms with Crippen LogP contribution >= 0.6 is 0 Å². The third-order valence-corrected chi connectivity index (χ3v) is 5.76. The molecule has 3 N–H and O–H groups in total. The Morgan fingerprint density at radius 2 is 1.77 bits per heavy atom.